The molecule has 1 atom stereocenters. The fourth-order valence-corrected chi connectivity index (χ4v) is 2.31. The van der Waals surface area contributed by atoms with Crippen LogP contribution in [0, 0.1) is 0 Å². The minimum absolute atomic E-state index is 0.203. The molecule has 0 fully saturated rings. The van der Waals surface area contributed by atoms with E-state index in [1.54, 1.807) is 12.1 Å². The molecule has 0 aromatic heterocycles. The van der Waals surface area contributed by atoms with E-state index >= 15 is 0 Å². The zero-order valence-corrected chi connectivity index (χ0v) is 10.9. The van der Waals surface area contributed by atoms with Gasteiger partial charge in [-0.15, -0.1) is 0 Å². The van der Waals surface area contributed by atoms with Crippen LogP contribution >= 0.6 is 0 Å². The summed E-state index contributed by atoms with van der Waals surface area (Å²) in [5.41, 5.74) is 3.82. The number of aryl methyl sites for hydroxylation is 2. The molecule has 3 rings (SSSR count). The lowest BCUT2D eigenvalue weighted by molar-refractivity contribution is -0.135. The molecule has 2 aromatic rings. The number of rotatable bonds is 3. The highest BCUT2D eigenvalue weighted by molar-refractivity contribution is 5.80. The molecule has 0 aliphatic heterocycles. The van der Waals surface area contributed by atoms with Gasteiger partial charge in [0.25, 0.3) is 0 Å². The summed E-state index contributed by atoms with van der Waals surface area (Å²) in [6.45, 7) is 1.89. The predicted molar refractivity (Wildman–Crippen MR) is 74.3 cm³/mol. The normalized spacial score (nSPS) is 14.2. The van der Waals surface area contributed by atoms with Crippen molar-refractivity contribution in [3.05, 3.63) is 65.2 Å². The van der Waals surface area contributed by atoms with Crippen molar-refractivity contribution < 1.29 is 9.53 Å². The third-order valence-electron chi connectivity index (χ3n) is 3.71. The van der Waals surface area contributed by atoms with Gasteiger partial charge in [0.1, 0.15) is 5.75 Å². The van der Waals surface area contributed by atoms with Crippen LogP contribution < -0.4 is 4.74 Å². The third kappa shape index (κ3) is 2.39. The maximum absolute atomic E-state index is 12.1. The fourth-order valence-electron chi connectivity index (χ4n) is 2.31. The number of hydrogen-bond acceptors (Lipinski definition) is 2. The molecule has 0 heterocycles. The van der Waals surface area contributed by atoms with Gasteiger partial charge in [-0.3, -0.25) is 4.79 Å². The van der Waals surface area contributed by atoms with Crippen molar-refractivity contribution in [3.63, 3.8) is 0 Å². The van der Waals surface area contributed by atoms with Crippen molar-refractivity contribution in [2.45, 2.75) is 25.7 Å². The van der Waals surface area contributed by atoms with E-state index in [0.29, 0.717) is 5.75 Å². The summed E-state index contributed by atoms with van der Waals surface area (Å²) in [6.07, 6.45) is 2.29. The highest BCUT2D eigenvalue weighted by Gasteiger charge is 2.20. The Labute approximate surface area is 113 Å². The van der Waals surface area contributed by atoms with Gasteiger partial charge < -0.3 is 4.74 Å². The van der Waals surface area contributed by atoms with Crippen LogP contribution in [0.5, 0.6) is 5.75 Å². The van der Waals surface area contributed by atoms with Crippen molar-refractivity contribution >= 4 is 5.97 Å². The highest BCUT2D eigenvalue weighted by Crippen LogP contribution is 2.27. The number of benzene rings is 2. The first-order valence-corrected chi connectivity index (χ1v) is 6.62. The van der Waals surface area contributed by atoms with Crippen LogP contribution in [0.3, 0.4) is 0 Å². The molecule has 0 bridgehead atoms. The molecule has 0 saturated carbocycles. The Hall–Kier alpha value is -2.09. The minimum atomic E-state index is -0.230. The van der Waals surface area contributed by atoms with Gasteiger partial charge in [0, 0.05) is 0 Å². The number of esters is 1. The van der Waals surface area contributed by atoms with Crippen LogP contribution in [0.2, 0.25) is 0 Å². The lowest BCUT2D eigenvalue weighted by atomic mass is 9.85. The first-order chi connectivity index (χ1) is 9.24. The summed E-state index contributed by atoms with van der Waals surface area (Å²) >= 11 is 0. The summed E-state index contributed by atoms with van der Waals surface area (Å²) in [5.74, 6) is 0.167. The summed E-state index contributed by atoms with van der Waals surface area (Å²) in [7, 11) is 0. The molecule has 2 aromatic carbocycles. The van der Waals surface area contributed by atoms with Crippen LogP contribution in [0.25, 0.3) is 0 Å². The molecule has 1 aliphatic carbocycles. The summed E-state index contributed by atoms with van der Waals surface area (Å²) in [6, 6.07) is 15.5. The Bertz CT molecular complexity index is 602. The molecular formula is C17H16O2. The van der Waals surface area contributed by atoms with Crippen LogP contribution in [-0.2, 0) is 17.6 Å². The highest BCUT2D eigenvalue weighted by atomic mass is 16.5. The topological polar surface area (TPSA) is 26.3 Å². The standard InChI is InChI=1S/C17H16O2/c1-12(14-9-7-13-8-10-15(13)11-14)17(18)19-16-5-3-2-4-6-16/h2-7,9,11-12H,8,10H2,1H3/t12-/m1/s1. The van der Waals surface area contributed by atoms with Crippen molar-refractivity contribution in [3.8, 4) is 5.75 Å². The van der Waals surface area contributed by atoms with Gasteiger partial charge in [-0.25, -0.2) is 0 Å². The summed E-state index contributed by atoms with van der Waals surface area (Å²) in [5, 5.41) is 0. The maximum atomic E-state index is 12.1. The lowest BCUT2D eigenvalue weighted by Gasteiger charge is -2.21. The van der Waals surface area contributed by atoms with Crippen LogP contribution in [-0.4, -0.2) is 5.97 Å². The average Bonchev–Trinajstić information content (AvgIpc) is 2.40. The Morgan fingerprint density at radius 3 is 2.42 bits per heavy atom. The number of hydrogen-bond donors (Lipinski definition) is 0. The lowest BCUT2D eigenvalue weighted by Crippen LogP contribution is -2.17. The number of fused-ring (bicyclic) bond motifs is 1. The van der Waals surface area contributed by atoms with Gasteiger partial charge in [-0.1, -0.05) is 36.4 Å². The van der Waals surface area contributed by atoms with E-state index in [1.165, 1.54) is 17.5 Å². The Kier molecular flexibility index (Phi) is 3.08. The molecule has 19 heavy (non-hydrogen) atoms. The molecule has 2 heteroatoms. The van der Waals surface area contributed by atoms with Gasteiger partial charge >= 0.3 is 5.97 Å². The quantitative estimate of drug-likeness (QED) is 0.617. The Balaban J connectivity index is 1.74. The Morgan fingerprint density at radius 2 is 1.79 bits per heavy atom. The molecule has 0 N–H and O–H groups in total. The Morgan fingerprint density at radius 1 is 1.05 bits per heavy atom. The molecule has 0 saturated heterocycles. The minimum Gasteiger partial charge on any atom is -0.426 e. The molecule has 96 valence electrons. The van der Waals surface area contributed by atoms with Crippen molar-refractivity contribution in [2.75, 3.05) is 0 Å². The van der Waals surface area contributed by atoms with Crippen molar-refractivity contribution in [2.24, 2.45) is 0 Å². The first kappa shape index (κ1) is 12.0. The van der Waals surface area contributed by atoms with Crippen molar-refractivity contribution in [1.29, 1.82) is 0 Å². The second-order valence-corrected chi connectivity index (χ2v) is 4.98. The van der Waals surface area contributed by atoms with Gasteiger partial charge in [0.2, 0.25) is 0 Å². The predicted octanol–water partition coefficient (Wildman–Crippen LogP) is 3.49. The molecule has 0 spiro atoms. The molecule has 0 radical (unpaired) electrons. The smallest absolute Gasteiger partial charge is 0.318 e. The van der Waals surface area contributed by atoms with E-state index in [9.17, 15) is 4.79 Å². The van der Waals surface area contributed by atoms with E-state index in [-0.39, 0.29) is 11.9 Å². The second-order valence-electron chi connectivity index (χ2n) is 4.98. The fraction of sp³-hybridized carbons (Fsp3) is 0.235. The maximum Gasteiger partial charge on any atom is 0.318 e. The van der Waals surface area contributed by atoms with Gasteiger partial charge in [-0.05, 0) is 48.6 Å². The van der Waals surface area contributed by atoms with E-state index in [1.807, 2.05) is 31.2 Å². The van der Waals surface area contributed by atoms with E-state index < -0.39 is 0 Å². The zero-order chi connectivity index (χ0) is 13.2. The SMILES string of the molecule is C[C@@H](C(=O)Oc1ccccc1)c1ccc2c(c1)CC2. The molecule has 1 aliphatic rings. The zero-order valence-electron chi connectivity index (χ0n) is 10.9. The average molecular weight is 252 g/mol. The molecule has 2 nitrogen and oxygen atoms in total. The number of carbonyl (C=O) groups is 1. The summed E-state index contributed by atoms with van der Waals surface area (Å²) < 4.78 is 5.38. The number of carbonyl (C=O) groups excluding carboxylic acids is 1. The number of para-hydroxylation sites is 1. The third-order valence-corrected chi connectivity index (χ3v) is 3.71. The van der Waals surface area contributed by atoms with Gasteiger partial charge in [0.15, 0.2) is 0 Å². The van der Waals surface area contributed by atoms with Crippen LogP contribution in [0.15, 0.2) is 48.5 Å². The van der Waals surface area contributed by atoms with E-state index in [4.69, 9.17) is 4.74 Å². The second kappa shape index (κ2) is 4.88. The molecule has 0 unspecified atom stereocenters. The van der Waals surface area contributed by atoms with Gasteiger partial charge in [0.05, 0.1) is 5.92 Å². The van der Waals surface area contributed by atoms with E-state index in [0.717, 1.165) is 12.0 Å². The van der Waals surface area contributed by atoms with Crippen LogP contribution in [0.1, 0.15) is 29.5 Å². The van der Waals surface area contributed by atoms with Gasteiger partial charge in [-0.2, -0.15) is 0 Å². The van der Waals surface area contributed by atoms with E-state index in [2.05, 4.69) is 12.1 Å². The monoisotopic (exact) mass is 252 g/mol. The number of ether oxygens (including phenoxy) is 1. The van der Waals surface area contributed by atoms with Crippen molar-refractivity contribution in [1.82, 2.24) is 0 Å². The first-order valence-electron chi connectivity index (χ1n) is 6.62. The molecule has 0 amide bonds. The van der Waals surface area contributed by atoms with Crippen LogP contribution in [0.4, 0.5) is 0 Å². The largest absolute Gasteiger partial charge is 0.426 e. The molecular weight excluding hydrogens is 236 g/mol. The summed E-state index contributed by atoms with van der Waals surface area (Å²) in [4.78, 5) is 12.1.